The molecule has 0 aliphatic heterocycles. The van der Waals surface area contributed by atoms with Crippen molar-refractivity contribution in [1.82, 2.24) is 14.8 Å². The Morgan fingerprint density at radius 1 is 1.15 bits per heavy atom. The Bertz CT molecular complexity index is 880. The number of anilines is 1. The van der Waals surface area contributed by atoms with Gasteiger partial charge in [0.25, 0.3) is 0 Å². The van der Waals surface area contributed by atoms with Gasteiger partial charge in [-0.15, -0.1) is 10.2 Å². The van der Waals surface area contributed by atoms with Crippen molar-refractivity contribution in [3.8, 4) is 11.4 Å². The van der Waals surface area contributed by atoms with Crippen LogP contribution in [0.1, 0.15) is 13.3 Å². The minimum atomic E-state index is -0.336. The molecule has 7 heteroatoms. The normalized spacial score (nSPS) is 12.0. The van der Waals surface area contributed by atoms with Gasteiger partial charge in [0.2, 0.25) is 5.91 Å². The number of amides is 1. The Kier molecular flexibility index (Phi) is 5.68. The van der Waals surface area contributed by atoms with Gasteiger partial charge in [0.15, 0.2) is 11.0 Å². The van der Waals surface area contributed by atoms with E-state index in [1.54, 1.807) is 12.1 Å². The number of hydrogen-bond donors (Lipinski definition) is 1. The number of halogens is 1. The van der Waals surface area contributed by atoms with Gasteiger partial charge in [-0.3, -0.25) is 4.79 Å². The zero-order chi connectivity index (χ0) is 18.5. The van der Waals surface area contributed by atoms with Crippen LogP contribution in [0.5, 0.6) is 0 Å². The Balaban J connectivity index is 1.73. The fourth-order valence-corrected chi connectivity index (χ4v) is 3.38. The number of hydrogen-bond acceptors (Lipinski definition) is 4. The molecule has 1 amide bonds. The maximum atomic E-state index is 13.0. The molecule has 0 fully saturated rings. The quantitative estimate of drug-likeness (QED) is 0.663. The highest BCUT2D eigenvalue weighted by Crippen LogP contribution is 2.28. The third-order valence-corrected chi connectivity index (χ3v) is 5.29. The topological polar surface area (TPSA) is 59.8 Å². The molecule has 0 saturated carbocycles. The van der Waals surface area contributed by atoms with Crippen LogP contribution in [0.15, 0.2) is 59.8 Å². The van der Waals surface area contributed by atoms with Crippen LogP contribution in [0.25, 0.3) is 11.4 Å². The van der Waals surface area contributed by atoms with Crippen molar-refractivity contribution in [2.45, 2.75) is 23.8 Å². The number of nitrogens with zero attached hydrogens (tertiary/aromatic N) is 3. The number of carbonyl (C=O) groups is 1. The first kappa shape index (κ1) is 18.1. The molecule has 0 aliphatic rings. The number of carbonyl (C=O) groups excluding carboxylic acids is 1. The van der Waals surface area contributed by atoms with Crippen molar-refractivity contribution in [2.24, 2.45) is 7.05 Å². The van der Waals surface area contributed by atoms with E-state index in [-0.39, 0.29) is 17.0 Å². The summed E-state index contributed by atoms with van der Waals surface area (Å²) in [6.45, 7) is 1.94. The van der Waals surface area contributed by atoms with Crippen molar-refractivity contribution < 1.29 is 9.18 Å². The summed E-state index contributed by atoms with van der Waals surface area (Å²) in [4.78, 5) is 12.5. The molecule has 0 aliphatic carbocycles. The van der Waals surface area contributed by atoms with E-state index in [9.17, 15) is 9.18 Å². The summed E-state index contributed by atoms with van der Waals surface area (Å²) < 4.78 is 14.9. The molecule has 3 rings (SSSR count). The average molecular weight is 370 g/mol. The second kappa shape index (κ2) is 8.14. The van der Waals surface area contributed by atoms with Crippen LogP contribution in [0.2, 0.25) is 0 Å². The highest BCUT2D eigenvalue weighted by molar-refractivity contribution is 8.00. The van der Waals surface area contributed by atoms with Gasteiger partial charge in [-0.1, -0.05) is 49.0 Å². The molecule has 26 heavy (non-hydrogen) atoms. The van der Waals surface area contributed by atoms with Gasteiger partial charge in [-0.2, -0.15) is 0 Å². The van der Waals surface area contributed by atoms with E-state index >= 15 is 0 Å². The zero-order valence-corrected chi connectivity index (χ0v) is 15.3. The maximum Gasteiger partial charge on any atom is 0.237 e. The van der Waals surface area contributed by atoms with E-state index in [0.717, 1.165) is 11.4 Å². The van der Waals surface area contributed by atoms with Gasteiger partial charge in [0, 0.05) is 18.3 Å². The molecular formula is C19H19FN4OS. The third-order valence-electron chi connectivity index (χ3n) is 3.89. The van der Waals surface area contributed by atoms with Gasteiger partial charge < -0.3 is 9.88 Å². The summed E-state index contributed by atoms with van der Waals surface area (Å²) in [6, 6.07) is 15.5. The Morgan fingerprint density at radius 2 is 1.85 bits per heavy atom. The summed E-state index contributed by atoms with van der Waals surface area (Å²) >= 11 is 1.36. The fourth-order valence-electron chi connectivity index (χ4n) is 2.46. The van der Waals surface area contributed by atoms with Crippen molar-refractivity contribution in [1.29, 1.82) is 0 Å². The molecule has 0 spiro atoms. The number of thioether (sulfide) groups is 1. The van der Waals surface area contributed by atoms with Crippen LogP contribution in [0.4, 0.5) is 10.1 Å². The lowest BCUT2D eigenvalue weighted by Gasteiger charge is -2.14. The lowest BCUT2D eigenvalue weighted by Crippen LogP contribution is -2.25. The summed E-state index contributed by atoms with van der Waals surface area (Å²) in [6.07, 6.45) is 0.630. The van der Waals surface area contributed by atoms with Crippen molar-refractivity contribution in [3.05, 3.63) is 60.4 Å². The van der Waals surface area contributed by atoms with Crippen LogP contribution in [-0.2, 0) is 11.8 Å². The Morgan fingerprint density at radius 3 is 2.50 bits per heavy atom. The number of rotatable bonds is 6. The van der Waals surface area contributed by atoms with Gasteiger partial charge in [-0.05, 0) is 30.7 Å². The van der Waals surface area contributed by atoms with E-state index < -0.39 is 0 Å². The molecule has 1 N–H and O–H groups in total. The van der Waals surface area contributed by atoms with Crippen molar-refractivity contribution in [3.63, 3.8) is 0 Å². The first-order valence-electron chi connectivity index (χ1n) is 8.26. The standard InChI is InChI=1S/C19H19FN4OS/c1-3-16(18(25)21-15-11-9-14(20)10-12-15)26-19-23-22-17(24(19)2)13-7-5-4-6-8-13/h4-12,16H,3H2,1-2H3,(H,21,25). The van der Waals surface area contributed by atoms with E-state index in [0.29, 0.717) is 17.3 Å². The van der Waals surface area contributed by atoms with Crippen LogP contribution < -0.4 is 5.32 Å². The number of benzene rings is 2. The van der Waals surface area contributed by atoms with Gasteiger partial charge in [0.05, 0.1) is 5.25 Å². The first-order chi connectivity index (χ1) is 12.6. The molecule has 1 unspecified atom stereocenters. The van der Waals surface area contributed by atoms with Crippen LogP contribution in [0, 0.1) is 5.82 Å². The second-order valence-electron chi connectivity index (χ2n) is 5.74. The number of nitrogens with one attached hydrogen (secondary N) is 1. The molecule has 1 heterocycles. The molecule has 3 aromatic rings. The van der Waals surface area contributed by atoms with Crippen molar-refractivity contribution >= 4 is 23.4 Å². The SMILES string of the molecule is CCC(Sc1nnc(-c2ccccc2)n1C)C(=O)Nc1ccc(F)cc1. The lowest BCUT2D eigenvalue weighted by molar-refractivity contribution is -0.115. The van der Waals surface area contributed by atoms with Crippen molar-refractivity contribution in [2.75, 3.05) is 5.32 Å². The van der Waals surface area contributed by atoms with Crippen LogP contribution in [-0.4, -0.2) is 25.9 Å². The zero-order valence-electron chi connectivity index (χ0n) is 14.5. The summed E-state index contributed by atoms with van der Waals surface area (Å²) in [5.41, 5.74) is 1.54. The molecule has 1 aromatic heterocycles. The minimum Gasteiger partial charge on any atom is -0.325 e. The van der Waals surface area contributed by atoms with Crippen LogP contribution >= 0.6 is 11.8 Å². The third kappa shape index (κ3) is 4.11. The summed E-state index contributed by atoms with van der Waals surface area (Å²) in [5.74, 6) is 0.271. The highest BCUT2D eigenvalue weighted by atomic mass is 32.2. The average Bonchev–Trinajstić information content (AvgIpc) is 3.02. The second-order valence-corrected chi connectivity index (χ2v) is 6.91. The highest BCUT2D eigenvalue weighted by Gasteiger charge is 2.22. The predicted molar refractivity (Wildman–Crippen MR) is 101 cm³/mol. The number of aromatic nitrogens is 3. The lowest BCUT2D eigenvalue weighted by atomic mass is 10.2. The van der Waals surface area contributed by atoms with Crippen LogP contribution in [0.3, 0.4) is 0 Å². The molecular weight excluding hydrogens is 351 g/mol. The van der Waals surface area contributed by atoms with Gasteiger partial charge in [0.1, 0.15) is 5.82 Å². The maximum absolute atomic E-state index is 13.0. The van der Waals surface area contributed by atoms with E-state index in [2.05, 4.69) is 15.5 Å². The molecule has 5 nitrogen and oxygen atoms in total. The van der Waals surface area contributed by atoms with E-state index in [1.807, 2.05) is 48.9 Å². The van der Waals surface area contributed by atoms with Gasteiger partial charge >= 0.3 is 0 Å². The Labute approximate surface area is 155 Å². The molecule has 0 bridgehead atoms. The molecule has 0 saturated heterocycles. The van der Waals surface area contributed by atoms with E-state index in [4.69, 9.17) is 0 Å². The summed E-state index contributed by atoms with van der Waals surface area (Å²) in [7, 11) is 1.88. The summed E-state index contributed by atoms with van der Waals surface area (Å²) in [5, 5.41) is 11.6. The molecule has 1 atom stereocenters. The smallest absolute Gasteiger partial charge is 0.237 e. The predicted octanol–water partition coefficient (Wildman–Crippen LogP) is 4.13. The fraction of sp³-hybridized carbons (Fsp3) is 0.211. The van der Waals surface area contributed by atoms with Gasteiger partial charge in [-0.25, -0.2) is 4.39 Å². The van der Waals surface area contributed by atoms with E-state index in [1.165, 1.54) is 23.9 Å². The first-order valence-corrected chi connectivity index (χ1v) is 9.14. The largest absolute Gasteiger partial charge is 0.325 e. The minimum absolute atomic E-state index is 0.145. The monoisotopic (exact) mass is 370 g/mol. The molecule has 134 valence electrons. The molecule has 2 aromatic carbocycles. The Hall–Kier alpha value is -2.67. The molecule has 0 radical (unpaired) electrons.